The largest absolute Gasteiger partial charge is 0.499 e. The Balaban J connectivity index is 1.58. The predicted molar refractivity (Wildman–Crippen MR) is 104 cm³/mol. The summed E-state index contributed by atoms with van der Waals surface area (Å²) >= 11 is 0. The molecule has 2 heterocycles. The van der Waals surface area contributed by atoms with Gasteiger partial charge >= 0.3 is 6.18 Å². The second-order valence-electron chi connectivity index (χ2n) is 8.04. The number of carbonyl (C=O) groups excluding carboxylic acids is 1. The van der Waals surface area contributed by atoms with Crippen LogP contribution < -0.4 is 0 Å². The van der Waals surface area contributed by atoms with Crippen LogP contribution in [0.2, 0.25) is 0 Å². The Morgan fingerprint density at radius 2 is 2.03 bits per heavy atom. The van der Waals surface area contributed by atoms with E-state index < -0.39 is 17.7 Å². The highest BCUT2D eigenvalue weighted by Gasteiger charge is 2.44. The number of alkyl halides is 3. The van der Waals surface area contributed by atoms with E-state index in [1.165, 1.54) is 12.3 Å². The van der Waals surface area contributed by atoms with Crippen molar-refractivity contribution < 1.29 is 27.4 Å². The molecule has 1 fully saturated rings. The highest BCUT2D eigenvalue weighted by atomic mass is 19.4. The standard InChI is InChI=1S/C22H25F3N2O3/c1-13-15-10-14(11-18-17(22(23,24)25)4-3-5-26-18)21(28)16(15)12-19(29-2)20(13)27-6-8-30-9-7-27/h3-5,12-14,20H,6-11H2,1-2H3. The van der Waals surface area contributed by atoms with Gasteiger partial charge in [-0.1, -0.05) is 12.5 Å². The summed E-state index contributed by atoms with van der Waals surface area (Å²) in [6.45, 7) is 4.91. The number of methoxy groups -OCH3 is 1. The summed E-state index contributed by atoms with van der Waals surface area (Å²) < 4.78 is 51.1. The zero-order chi connectivity index (χ0) is 21.5. The number of hydrogen-bond acceptors (Lipinski definition) is 5. The normalized spacial score (nSPS) is 27.8. The second kappa shape index (κ2) is 8.15. The van der Waals surface area contributed by atoms with Crippen molar-refractivity contribution in [1.82, 2.24) is 9.88 Å². The lowest BCUT2D eigenvalue weighted by atomic mass is 9.83. The fourth-order valence-corrected chi connectivity index (χ4v) is 4.89. The van der Waals surface area contributed by atoms with Gasteiger partial charge in [0.15, 0.2) is 5.78 Å². The molecule has 2 aliphatic carbocycles. The quantitative estimate of drug-likeness (QED) is 0.745. The number of Topliss-reactive ketones (excluding diaryl/α,β-unsaturated/α-hetero) is 1. The van der Waals surface area contributed by atoms with Crippen LogP contribution in [0.15, 0.2) is 41.3 Å². The molecule has 3 unspecified atom stereocenters. The number of allylic oxidation sites excluding steroid dienone is 2. The molecule has 30 heavy (non-hydrogen) atoms. The summed E-state index contributed by atoms with van der Waals surface area (Å²) in [5.74, 6) is 0.112. The molecule has 1 saturated heterocycles. The highest BCUT2D eigenvalue weighted by molar-refractivity contribution is 6.03. The topological polar surface area (TPSA) is 51.7 Å². The van der Waals surface area contributed by atoms with E-state index in [0.29, 0.717) is 25.2 Å². The Morgan fingerprint density at radius 1 is 1.30 bits per heavy atom. The molecular formula is C22H25F3N2O3. The van der Waals surface area contributed by atoms with E-state index in [4.69, 9.17) is 9.47 Å². The number of ether oxygens (including phenoxy) is 2. The van der Waals surface area contributed by atoms with Crippen LogP contribution in [0.5, 0.6) is 0 Å². The monoisotopic (exact) mass is 422 g/mol. The van der Waals surface area contributed by atoms with E-state index in [0.717, 1.165) is 30.5 Å². The lowest BCUT2D eigenvalue weighted by Crippen LogP contribution is -2.49. The molecular weight excluding hydrogens is 397 g/mol. The van der Waals surface area contributed by atoms with Crippen LogP contribution >= 0.6 is 0 Å². The van der Waals surface area contributed by atoms with Crippen LogP contribution in [0, 0.1) is 11.8 Å². The first-order valence-electron chi connectivity index (χ1n) is 10.2. The van der Waals surface area contributed by atoms with Gasteiger partial charge in [0, 0.05) is 43.1 Å². The summed E-state index contributed by atoms with van der Waals surface area (Å²) in [6, 6.07) is 2.30. The first kappa shape index (κ1) is 21.1. The Bertz CT molecular complexity index is 888. The molecule has 3 atom stereocenters. The molecule has 162 valence electrons. The number of pyridine rings is 1. The molecule has 0 spiro atoms. The molecule has 0 bridgehead atoms. The van der Waals surface area contributed by atoms with Crippen molar-refractivity contribution in [3.05, 3.63) is 52.6 Å². The maximum absolute atomic E-state index is 13.4. The van der Waals surface area contributed by atoms with E-state index in [9.17, 15) is 18.0 Å². The first-order chi connectivity index (χ1) is 14.3. The second-order valence-corrected chi connectivity index (χ2v) is 8.04. The van der Waals surface area contributed by atoms with E-state index >= 15 is 0 Å². The van der Waals surface area contributed by atoms with Gasteiger partial charge < -0.3 is 9.47 Å². The summed E-state index contributed by atoms with van der Waals surface area (Å²) in [5.41, 5.74) is 0.761. The van der Waals surface area contributed by atoms with Crippen molar-refractivity contribution in [3.8, 4) is 0 Å². The molecule has 1 aromatic heterocycles. The molecule has 5 nitrogen and oxygen atoms in total. The van der Waals surface area contributed by atoms with Crippen LogP contribution in [0.1, 0.15) is 24.6 Å². The summed E-state index contributed by atoms with van der Waals surface area (Å²) in [4.78, 5) is 19.3. The summed E-state index contributed by atoms with van der Waals surface area (Å²) in [7, 11) is 1.60. The lowest BCUT2D eigenvalue weighted by molar-refractivity contribution is -0.138. The van der Waals surface area contributed by atoms with Crippen molar-refractivity contribution in [3.63, 3.8) is 0 Å². The fourth-order valence-electron chi connectivity index (χ4n) is 4.89. The number of aromatic nitrogens is 1. The molecule has 4 rings (SSSR count). The SMILES string of the molecule is COC1=CC2=C(CC(Cc3ncccc3C(F)(F)F)C2=O)C(C)C1N1CCOCC1. The zero-order valence-corrected chi connectivity index (χ0v) is 17.0. The smallest absolute Gasteiger partial charge is 0.418 e. The molecule has 3 aliphatic rings. The van der Waals surface area contributed by atoms with Gasteiger partial charge in [0.1, 0.15) is 5.76 Å². The van der Waals surface area contributed by atoms with Gasteiger partial charge in [0.2, 0.25) is 0 Å². The summed E-state index contributed by atoms with van der Waals surface area (Å²) in [5, 5.41) is 0. The maximum Gasteiger partial charge on any atom is 0.418 e. The van der Waals surface area contributed by atoms with E-state index in [1.807, 2.05) is 0 Å². The third-order valence-electron chi connectivity index (χ3n) is 6.36. The van der Waals surface area contributed by atoms with Crippen LogP contribution in [0.3, 0.4) is 0 Å². The lowest BCUT2D eigenvalue weighted by Gasteiger charge is -2.40. The Kier molecular flexibility index (Phi) is 5.72. The molecule has 0 radical (unpaired) electrons. The highest BCUT2D eigenvalue weighted by Crippen LogP contribution is 2.44. The van der Waals surface area contributed by atoms with E-state index in [2.05, 4.69) is 16.8 Å². The van der Waals surface area contributed by atoms with Crippen molar-refractivity contribution in [2.45, 2.75) is 32.0 Å². The van der Waals surface area contributed by atoms with Crippen LogP contribution in [0.25, 0.3) is 0 Å². The van der Waals surface area contributed by atoms with Crippen molar-refractivity contribution in [2.75, 3.05) is 33.4 Å². The van der Waals surface area contributed by atoms with Gasteiger partial charge in [-0.25, -0.2) is 0 Å². The number of rotatable bonds is 4. The maximum atomic E-state index is 13.4. The average Bonchev–Trinajstić information content (AvgIpc) is 3.04. The molecule has 1 aliphatic heterocycles. The molecule has 0 amide bonds. The fraction of sp³-hybridized carbons (Fsp3) is 0.545. The van der Waals surface area contributed by atoms with Crippen molar-refractivity contribution in [2.24, 2.45) is 11.8 Å². The van der Waals surface area contributed by atoms with Crippen molar-refractivity contribution >= 4 is 5.78 Å². The third kappa shape index (κ3) is 3.78. The van der Waals surface area contributed by atoms with Gasteiger partial charge in [0.05, 0.1) is 37.6 Å². The van der Waals surface area contributed by atoms with E-state index in [1.54, 1.807) is 13.2 Å². The minimum Gasteiger partial charge on any atom is -0.499 e. The number of ketones is 1. The predicted octanol–water partition coefficient (Wildman–Crippen LogP) is 3.41. The van der Waals surface area contributed by atoms with Crippen molar-refractivity contribution in [1.29, 1.82) is 0 Å². The minimum atomic E-state index is -4.49. The minimum absolute atomic E-state index is 0.00443. The molecule has 0 saturated carbocycles. The molecule has 0 N–H and O–H groups in total. The number of nitrogens with zero attached hydrogens (tertiary/aromatic N) is 2. The zero-order valence-electron chi connectivity index (χ0n) is 17.0. The van der Waals surface area contributed by atoms with E-state index in [-0.39, 0.29) is 29.9 Å². The number of hydrogen-bond donors (Lipinski definition) is 0. The Hall–Kier alpha value is -2.19. The molecule has 0 aromatic carbocycles. The Labute approximate surface area is 173 Å². The Morgan fingerprint density at radius 3 is 2.70 bits per heavy atom. The average molecular weight is 422 g/mol. The summed E-state index contributed by atoms with van der Waals surface area (Å²) in [6.07, 6.45) is -0.918. The first-order valence-corrected chi connectivity index (χ1v) is 10.2. The van der Waals surface area contributed by atoms with Crippen LogP contribution in [-0.4, -0.2) is 55.1 Å². The van der Waals surface area contributed by atoms with Gasteiger partial charge in [0.25, 0.3) is 0 Å². The molecule has 8 heteroatoms. The van der Waals surface area contributed by atoms with Gasteiger partial charge in [-0.05, 0) is 24.6 Å². The molecule has 1 aromatic rings. The number of carbonyl (C=O) groups is 1. The van der Waals surface area contributed by atoms with Gasteiger partial charge in [-0.15, -0.1) is 0 Å². The van der Waals surface area contributed by atoms with Crippen LogP contribution in [0.4, 0.5) is 13.2 Å². The third-order valence-corrected chi connectivity index (χ3v) is 6.36. The number of morpholine rings is 1. The van der Waals surface area contributed by atoms with Crippen LogP contribution in [-0.2, 0) is 26.9 Å². The number of halogens is 3. The van der Waals surface area contributed by atoms with Gasteiger partial charge in [-0.3, -0.25) is 14.7 Å². The van der Waals surface area contributed by atoms with Gasteiger partial charge in [-0.2, -0.15) is 13.2 Å².